The van der Waals surface area contributed by atoms with Gasteiger partial charge < -0.3 is 14.2 Å². The quantitative estimate of drug-likeness (QED) is 0.849. The molecule has 0 amide bonds. The van der Waals surface area contributed by atoms with E-state index in [9.17, 15) is 4.39 Å². The van der Waals surface area contributed by atoms with Crippen LogP contribution >= 0.6 is 0 Å². The van der Waals surface area contributed by atoms with E-state index >= 15 is 0 Å². The van der Waals surface area contributed by atoms with Gasteiger partial charge in [-0.15, -0.1) is 0 Å². The Kier molecular flexibility index (Phi) is 4.47. The molecule has 1 aliphatic rings. The molecule has 1 aliphatic heterocycles. The second-order valence-corrected chi connectivity index (χ2v) is 6.65. The number of benzene rings is 1. The number of hydrogen-bond acceptors (Lipinski definition) is 3. The largest absolute Gasteiger partial charge is 0.366 e. The van der Waals surface area contributed by atoms with Crippen molar-refractivity contribution in [3.8, 4) is 0 Å². The first-order valence-electron chi connectivity index (χ1n) is 6.91. The van der Waals surface area contributed by atoms with Crippen molar-refractivity contribution in [2.75, 3.05) is 13.2 Å². The Bertz CT molecular complexity index is 445. The highest BCUT2D eigenvalue weighted by Gasteiger charge is 2.38. The Hall–Kier alpha value is -0.970. The van der Waals surface area contributed by atoms with Gasteiger partial charge in [0.05, 0.1) is 19.8 Å². The maximum atomic E-state index is 13.5. The van der Waals surface area contributed by atoms with Crippen molar-refractivity contribution in [2.45, 2.75) is 46.2 Å². The Morgan fingerprint density at radius 2 is 1.85 bits per heavy atom. The van der Waals surface area contributed by atoms with Crippen molar-refractivity contribution in [1.29, 1.82) is 0 Å². The highest BCUT2D eigenvalue weighted by molar-refractivity contribution is 5.16. The van der Waals surface area contributed by atoms with Crippen molar-refractivity contribution < 1.29 is 18.6 Å². The Morgan fingerprint density at radius 3 is 2.40 bits per heavy atom. The first-order chi connectivity index (χ1) is 9.30. The number of ether oxygens (including phenoxy) is 3. The molecule has 1 saturated heterocycles. The minimum Gasteiger partial charge on any atom is -0.366 e. The molecule has 0 atom stereocenters. The van der Waals surface area contributed by atoms with E-state index in [-0.39, 0.29) is 24.1 Å². The topological polar surface area (TPSA) is 27.7 Å². The van der Waals surface area contributed by atoms with Gasteiger partial charge in [0.2, 0.25) is 0 Å². The van der Waals surface area contributed by atoms with E-state index in [4.69, 9.17) is 14.2 Å². The van der Waals surface area contributed by atoms with Gasteiger partial charge in [0, 0.05) is 11.0 Å². The Labute approximate surface area is 120 Å². The van der Waals surface area contributed by atoms with Gasteiger partial charge in [-0.05, 0) is 13.0 Å². The molecule has 1 aromatic rings. The minimum absolute atomic E-state index is 0.0626. The fraction of sp³-hybridized carbons (Fsp3) is 0.625. The van der Waals surface area contributed by atoms with Crippen LogP contribution in [0, 0.1) is 11.2 Å². The summed E-state index contributed by atoms with van der Waals surface area (Å²) in [6.45, 7) is 9.25. The van der Waals surface area contributed by atoms with Crippen molar-refractivity contribution in [1.82, 2.24) is 0 Å². The number of halogens is 1. The second-order valence-electron chi connectivity index (χ2n) is 6.65. The lowest BCUT2D eigenvalue weighted by atomic mass is 9.94. The molecule has 4 heteroatoms. The van der Waals surface area contributed by atoms with Gasteiger partial charge in [0.1, 0.15) is 11.4 Å². The van der Waals surface area contributed by atoms with Crippen LogP contribution < -0.4 is 0 Å². The standard InChI is InChI=1S/C16H23FO3/c1-15(2,3)14-18-10-16(4,11-19-14)20-9-12-7-5-6-8-13(12)17/h5-8,14H,9-11H2,1-4H3/t14-,16-. The van der Waals surface area contributed by atoms with Gasteiger partial charge >= 0.3 is 0 Å². The molecule has 1 heterocycles. The van der Waals surface area contributed by atoms with Gasteiger partial charge in [0.15, 0.2) is 6.29 Å². The smallest absolute Gasteiger partial charge is 0.162 e. The third-order valence-corrected chi connectivity index (χ3v) is 3.32. The molecule has 0 radical (unpaired) electrons. The van der Waals surface area contributed by atoms with Gasteiger partial charge in [-0.1, -0.05) is 39.0 Å². The van der Waals surface area contributed by atoms with Crippen LogP contribution in [0.4, 0.5) is 4.39 Å². The first-order valence-corrected chi connectivity index (χ1v) is 6.91. The SMILES string of the molecule is CC(C)(C)[C@H]1OC[C@](C)(OCc2ccccc2F)CO1. The van der Waals surface area contributed by atoms with E-state index in [1.807, 2.05) is 6.92 Å². The Morgan fingerprint density at radius 1 is 1.25 bits per heavy atom. The maximum absolute atomic E-state index is 13.5. The number of hydrogen-bond donors (Lipinski definition) is 0. The highest BCUT2D eigenvalue weighted by atomic mass is 19.1. The predicted molar refractivity (Wildman–Crippen MR) is 74.7 cm³/mol. The molecular formula is C16H23FO3. The minimum atomic E-state index is -0.538. The summed E-state index contributed by atoms with van der Waals surface area (Å²) in [5, 5.41) is 0. The normalized spacial score (nSPS) is 27.6. The van der Waals surface area contributed by atoms with Crippen LogP contribution in [0.2, 0.25) is 0 Å². The molecule has 3 nitrogen and oxygen atoms in total. The van der Waals surface area contributed by atoms with Crippen LogP contribution in [0.5, 0.6) is 0 Å². The lowest BCUT2D eigenvalue weighted by molar-refractivity contribution is -0.290. The summed E-state index contributed by atoms with van der Waals surface area (Å²) in [4.78, 5) is 0. The molecule has 0 unspecified atom stereocenters. The third kappa shape index (κ3) is 3.78. The monoisotopic (exact) mass is 282 g/mol. The zero-order valence-corrected chi connectivity index (χ0v) is 12.6. The zero-order chi connectivity index (χ0) is 14.8. The molecule has 112 valence electrons. The molecule has 20 heavy (non-hydrogen) atoms. The molecular weight excluding hydrogens is 259 g/mol. The van der Waals surface area contributed by atoms with Crippen LogP contribution in [0.15, 0.2) is 24.3 Å². The molecule has 0 spiro atoms. The fourth-order valence-corrected chi connectivity index (χ4v) is 2.04. The molecule has 0 aromatic heterocycles. The molecule has 0 bridgehead atoms. The maximum Gasteiger partial charge on any atom is 0.162 e. The van der Waals surface area contributed by atoms with Crippen molar-refractivity contribution in [3.05, 3.63) is 35.6 Å². The van der Waals surface area contributed by atoms with E-state index in [1.165, 1.54) is 6.07 Å². The lowest BCUT2D eigenvalue weighted by Gasteiger charge is -2.41. The fourth-order valence-electron chi connectivity index (χ4n) is 2.04. The van der Waals surface area contributed by atoms with Crippen LogP contribution in [0.3, 0.4) is 0 Å². The van der Waals surface area contributed by atoms with E-state index in [2.05, 4.69) is 20.8 Å². The average molecular weight is 282 g/mol. The second kappa shape index (κ2) is 5.80. The summed E-state index contributed by atoms with van der Waals surface area (Å²) in [5.41, 5.74) is -0.0525. The van der Waals surface area contributed by atoms with Crippen LogP contribution in [0.1, 0.15) is 33.3 Å². The van der Waals surface area contributed by atoms with E-state index in [1.54, 1.807) is 18.2 Å². The third-order valence-electron chi connectivity index (χ3n) is 3.32. The van der Waals surface area contributed by atoms with Gasteiger partial charge in [-0.2, -0.15) is 0 Å². The van der Waals surface area contributed by atoms with Gasteiger partial charge in [-0.25, -0.2) is 4.39 Å². The average Bonchev–Trinajstić information content (AvgIpc) is 2.37. The highest BCUT2D eigenvalue weighted by Crippen LogP contribution is 2.30. The van der Waals surface area contributed by atoms with Crippen LogP contribution in [-0.4, -0.2) is 25.1 Å². The predicted octanol–water partition coefficient (Wildman–Crippen LogP) is 3.52. The molecule has 1 aromatic carbocycles. The summed E-state index contributed by atoms with van der Waals surface area (Å²) in [7, 11) is 0. The molecule has 0 N–H and O–H groups in total. The van der Waals surface area contributed by atoms with Gasteiger partial charge in [0.25, 0.3) is 0 Å². The summed E-state index contributed by atoms with van der Waals surface area (Å²) < 4.78 is 30.8. The molecule has 2 rings (SSSR count). The van der Waals surface area contributed by atoms with Crippen LogP contribution in [0.25, 0.3) is 0 Å². The van der Waals surface area contributed by atoms with E-state index in [0.29, 0.717) is 18.8 Å². The van der Waals surface area contributed by atoms with Crippen molar-refractivity contribution in [2.24, 2.45) is 5.41 Å². The van der Waals surface area contributed by atoms with Crippen LogP contribution in [-0.2, 0) is 20.8 Å². The molecule has 1 fully saturated rings. The van der Waals surface area contributed by atoms with Crippen molar-refractivity contribution >= 4 is 0 Å². The first kappa shape index (κ1) is 15.4. The lowest BCUT2D eigenvalue weighted by Crippen LogP contribution is -2.50. The summed E-state index contributed by atoms with van der Waals surface area (Å²) in [6, 6.07) is 6.63. The van der Waals surface area contributed by atoms with Crippen molar-refractivity contribution in [3.63, 3.8) is 0 Å². The Balaban J connectivity index is 1.90. The number of rotatable bonds is 3. The summed E-state index contributed by atoms with van der Waals surface area (Å²) in [6.07, 6.45) is -0.229. The van der Waals surface area contributed by atoms with Gasteiger partial charge in [-0.3, -0.25) is 0 Å². The zero-order valence-electron chi connectivity index (χ0n) is 12.6. The molecule has 0 aliphatic carbocycles. The molecule has 0 saturated carbocycles. The van der Waals surface area contributed by atoms with E-state index in [0.717, 1.165) is 0 Å². The van der Waals surface area contributed by atoms with E-state index < -0.39 is 5.60 Å². The summed E-state index contributed by atoms with van der Waals surface area (Å²) in [5.74, 6) is -0.249. The summed E-state index contributed by atoms with van der Waals surface area (Å²) >= 11 is 0.